The lowest BCUT2D eigenvalue weighted by Gasteiger charge is -2.40. The molecule has 1 aliphatic heterocycles. The Morgan fingerprint density at radius 2 is 1.84 bits per heavy atom. The molecule has 1 fully saturated rings. The second-order valence-electron chi connectivity index (χ2n) is 5.90. The predicted molar refractivity (Wildman–Crippen MR) is 79.4 cm³/mol. The molecule has 0 aromatic heterocycles. The molecule has 1 atom stereocenters. The van der Waals surface area contributed by atoms with E-state index in [-0.39, 0.29) is 12.1 Å². The zero-order valence-electron chi connectivity index (χ0n) is 12.4. The minimum absolute atomic E-state index is 0.163. The number of benzene rings is 1. The van der Waals surface area contributed by atoms with E-state index in [1.165, 1.54) is 16.7 Å². The van der Waals surface area contributed by atoms with Crippen LogP contribution in [0.3, 0.4) is 0 Å². The van der Waals surface area contributed by atoms with Crippen molar-refractivity contribution in [2.24, 2.45) is 0 Å². The van der Waals surface area contributed by atoms with Crippen LogP contribution in [-0.2, 0) is 5.54 Å². The molecule has 0 bridgehead atoms. The standard InChI is InChI=1S/C16H26N2O/c1-13-9-14(2)11-15(10-13)16(3,12-19)18-7-4-5-17-6-8-18/h9-11,17,19H,4-8,12H2,1-3H3. The normalized spacial score (nSPS) is 20.8. The highest BCUT2D eigenvalue weighted by Gasteiger charge is 2.33. The largest absolute Gasteiger partial charge is 0.394 e. The van der Waals surface area contributed by atoms with E-state index in [2.05, 4.69) is 49.2 Å². The Kier molecular flexibility index (Phi) is 4.61. The highest BCUT2D eigenvalue weighted by molar-refractivity contribution is 5.33. The number of hydrogen-bond donors (Lipinski definition) is 2. The predicted octanol–water partition coefficient (Wildman–Crippen LogP) is 1.81. The van der Waals surface area contributed by atoms with E-state index >= 15 is 0 Å². The summed E-state index contributed by atoms with van der Waals surface area (Å²) < 4.78 is 0. The van der Waals surface area contributed by atoms with Gasteiger partial charge in [-0.05, 0) is 39.3 Å². The van der Waals surface area contributed by atoms with E-state index < -0.39 is 0 Å². The monoisotopic (exact) mass is 262 g/mol. The maximum atomic E-state index is 10.0. The lowest BCUT2D eigenvalue weighted by molar-refractivity contribution is 0.0452. The fourth-order valence-corrected chi connectivity index (χ4v) is 3.00. The molecule has 1 heterocycles. The first-order chi connectivity index (χ1) is 9.06. The lowest BCUT2D eigenvalue weighted by atomic mass is 9.88. The molecule has 2 N–H and O–H groups in total. The Hall–Kier alpha value is -0.900. The summed E-state index contributed by atoms with van der Waals surface area (Å²) in [5.41, 5.74) is 3.49. The quantitative estimate of drug-likeness (QED) is 0.872. The Bertz CT molecular complexity index is 405. The van der Waals surface area contributed by atoms with Crippen molar-refractivity contribution in [1.82, 2.24) is 10.2 Å². The number of aryl methyl sites for hydroxylation is 2. The van der Waals surface area contributed by atoms with Crippen LogP contribution in [0, 0.1) is 13.8 Å². The van der Waals surface area contributed by atoms with E-state index in [0.717, 1.165) is 32.6 Å². The summed E-state index contributed by atoms with van der Waals surface area (Å²) in [7, 11) is 0. The molecule has 0 amide bonds. The molecular weight excluding hydrogens is 236 g/mol. The van der Waals surface area contributed by atoms with E-state index in [1.807, 2.05) is 0 Å². The molecule has 2 rings (SSSR count). The van der Waals surface area contributed by atoms with Crippen LogP contribution in [0.1, 0.15) is 30.0 Å². The van der Waals surface area contributed by atoms with Gasteiger partial charge in [-0.2, -0.15) is 0 Å². The van der Waals surface area contributed by atoms with Gasteiger partial charge < -0.3 is 10.4 Å². The summed E-state index contributed by atoms with van der Waals surface area (Å²) in [6, 6.07) is 6.61. The van der Waals surface area contributed by atoms with Crippen molar-refractivity contribution in [3.05, 3.63) is 34.9 Å². The zero-order chi connectivity index (χ0) is 13.9. The first-order valence-corrected chi connectivity index (χ1v) is 7.22. The molecule has 1 aliphatic rings. The van der Waals surface area contributed by atoms with E-state index in [1.54, 1.807) is 0 Å². The van der Waals surface area contributed by atoms with Crippen molar-refractivity contribution in [2.75, 3.05) is 32.8 Å². The highest BCUT2D eigenvalue weighted by atomic mass is 16.3. The Labute approximate surface area is 116 Å². The van der Waals surface area contributed by atoms with Gasteiger partial charge in [-0.25, -0.2) is 0 Å². The maximum absolute atomic E-state index is 10.0. The molecule has 106 valence electrons. The SMILES string of the molecule is Cc1cc(C)cc(C(C)(CO)N2CCCNCC2)c1. The summed E-state index contributed by atoms with van der Waals surface area (Å²) >= 11 is 0. The topological polar surface area (TPSA) is 35.5 Å². The van der Waals surface area contributed by atoms with Crippen LogP contribution in [0.25, 0.3) is 0 Å². The molecule has 0 saturated carbocycles. The van der Waals surface area contributed by atoms with E-state index in [4.69, 9.17) is 0 Å². The number of nitrogens with one attached hydrogen (secondary N) is 1. The molecular formula is C16H26N2O. The molecule has 3 heteroatoms. The lowest BCUT2D eigenvalue weighted by Crippen LogP contribution is -2.48. The summed E-state index contributed by atoms with van der Waals surface area (Å²) in [6.45, 7) is 10.7. The van der Waals surface area contributed by atoms with Gasteiger partial charge in [0.25, 0.3) is 0 Å². The summed E-state index contributed by atoms with van der Waals surface area (Å²) in [4.78, 5) is 2.42. The first kappa shape index (κ1) is 14.5. The molecule has 1 saturated heterocycles. The molecule has 0 aliphatic carbocycles. The summed E-state index contributed by atoms with van der Waals surface area (Å²) in [5, 5.41) is 13.4. The second-order valence-corrected chi connectivity index (χ2v) is 5.90. The van der Waals surface area contributed by atoms with Crippen LogP contribution in [0.5, 0.6) is 0 Å². The van der Waals surface area contributed by atoms with E-state index in [9.17, 15) is 5.11 Å². The van der Waals surface area contributed by atoms with Crippen LogP contribution in [0.4, 0.5) is 0 Å². The molecule has 0 radical (unpaired) electrons. The molecule has 1 aromatic carbocycles. The summed E-state index contributed by atoms with van der Waals surface area (Å²) in [6.07, 6.45) is 1.14. The van der Waals surface area contributed by atoms with Gasteiger partial charge in [0.1, 0.15) is 0 Å². The van der Waals surface area contributed by atoms with Crippen LogP contribution < -0.4 is 5.32 Å². The van der Waals surface area contributed by atoms with Gasteiger partial charge in [-0.1, -0.05) is 29.3 Å². The molecule has 19 heavy (non-hydrogen) atoms. The van der Waals surface area contributed by atoms with Crippen LogP contribution in [0.15, 0.2) is 18.2 Å². The summed E-state index contributed by atoms with van der Waals surface area (Å²) in [5.74, 6) is 0. The Morgan fingerprint density at radius 1 is 1.16 bits per heavy atom. The Morgan fingerprint density at radius 3 is 2.47 bits per heavy atom. The third-order valence-corrected chi connectivity index (χ3v) is 4.19. The smallest absolute Gasteiger partial charge is 0.0666 e. The highest BCUT2D eigenvalue weighted by Crippen LogP contribution is 2.29. The Balaban J connectivity index is 2.34. The van der Waals surface area contributed by atoms with E-state index in [0.29, 0.717) is 0 Å². The minimum atomic E-state index is -0.275. The average Bonchev–Trinajstić information content (AvgIpc) is 2.65. The van der Waals surface area contributed by atoms with Crippen molar-refractivity contribution < 1.29 is 5.11 Å². The van der Waals surface area contributed by atoms with Crippen molar-refractivity contribution in [3.63, 3.8) is 0 Å². The van der Waals surface area contributed by atoms with Crippen molar-refractivity contribution in [1.29, 1.82) is 0 Å². The fraction of sp³-hybridized carbons (Fsp3) is 0.625. The van der Waals surface area contributed by atoms with Gasteiger partial charge in [0.05, 0.1) is 12.1 Å². The number of hydrogen-bond acceptors (Lipinski definition) is 3. The first-order valence-electron chi connectivity index (χ1n) is 7.22. The number of rotatable bonds is 3. The maximum Gasteiger partial charge on any atom is 0.0666 e. The third kappa shape index (κ3) is 3.16. The zero-order valence-corrected chi connectivity index (χ0v) is 12.4. The number of nitrogens with zero attached hydrogens (tertiary/aromatic N) is 1. The van der Waals surface area contributed by atoms with Crippen molar-refractivity contribution in [3.8, 4) is 0 Å². The minimum Gasteiger partial charge on any atom is -0.394 e. The van der Waals surface area contributed by atoms with Gasteiger partial charge in [-0.15, -0.1) is 0 Å². The molecule has 1 unspecified atom stereocenters. The van der Waals surface area contributed by atoms with Gasteiger partial charge in [0.15, 0.2) is 0 Å². The van der Waals surface area contributed by atoms with Gasteiger partial charge in [0.2, 0.25) is 0 Å². The van der Waals surface area contributed by atoms with Gasteiger partial charge in [0, 0.05) is 19.6 Å². The fourth-order valence-electron chi connectivity index (χ4n) is 3.00. The van der Waals surface area contributed by atoms with Crippen LogP contribution in [-0.4, -0.2) is 42.8 Å². The number of aliphatic hydroxyl groups excluding tert-OH is 1. The van der Waals surface area contributed by atoms with Crippen LogP contribution >= 0.6 is 0 Å². The molecule has 3 nitrogen and oxygen atoms in total. The van der Waals surface area contributed by atoms with Crippen LogP contribution in [0.2, 0.25) is 0 Å². The van der Waals surface area contributed by atoms with Crippen molar-refractivity contribution >= 4 is 0 Å². The average molecular weight is 262 g/mol. The van der Waals surface area contributed by atoms with Gasteiger partial charge in [-0.3, -0.25) is 4.90 Å². The third-order valence-electron chi connectivity index (χ3n) is 4.19. The second kappa shape index (κ2) is 6.04. The molecule has 1 aromatic rings. The number of aliphatic hydroxyl groups is 1. The molecule has 0 spiro atoms. The van der Waals surface area contributed by atoms with Crippen molar-refractivity contribution in [2.45, 2.75) is 32.7 Å². The van der Waals surface area contributed by atoms with Gasteiger partial charge >= 0.3 is 0 Å².